The summed E-state index contributed by atoms with van der Waals surface area (Å²) in [5.74, 6) is 0.873. The lowest BCUT2D eigenvalue weighted by molar-refractivity contribution is 1.04. The number of hydrogen-bond acceptors (Lipinski definition) is 5. The third-order valence-electron chi connectivity index (χ3n) is 3.44. The Bertz CT molecular complexity index is 767. The topological polar surface area (TPSA) is 63.8 Å². The minimum absolute atomic E-state index is 0.673. The first-order chi connectivity index (χ1) is 10.8. The Labute approximate surface area is 134 Å². The Morgan fingerprint density at radius 3 is 2.91 bits per heavy atom. The Balaban J connectivity index is 1.72. The Morgan fingerprint density at radius 2 is 2.09 bits per heavy atom. The van der Waals surface area contributed by atoms with Crippen LogP contribution >= 0.6 is 11.3 Å². The van der Waals surface area contributed by atoms with Gasteiger partial charge >= 0.3 is 0 Å². The van der Waals surface area contributed by atoms with Crippen LogP contribution in [0, 0.1) is 0 Å². The van der Waals surface area contributed by atoms with Gasteiger partial charge in [0.05, 0.1) is 0 Å². The molecular weight excluding hydrogens is 292 g/mol. The molecule has 1 aromatic carbocycles. The standard InChI is InChI=1S/C17H18N4S/c1-2-14-9-12(7-8-19-14)17-21-16(11-22-17)20-10-13-5-3-4-6-15(13)18/h3-9,11,20H,2,10,18H2,1H3. The smallest absolute Gasteiger partial charge is 0.138 e. The van der Waals surface area contributed by atoms with Gasteiger partial charge in [0.15, 0.2) is 0 Å². The fourth-order valence-electron chi connectivity index (χ4n) is 2.17. The summed E-state index contributed by atoms with van der Waals surface area (Å²) < 4.78 is 0. The fourth-order valence-corrected chi connectivity index (χ4v) is 2.95. The number of aryl methyl sites for hydroxylation is 1. The quantitative estimate of drug-likeness (QED) is 0.700. The molecular formula is C17H18N4S. The zero-order valence-electron chi connectivity index (χ0n) is 12.4. The average Bonchev–Trinajstić information content (AvgIpc) is 3.03. The monoisotopic (exact) mass is 310 g/mol. The lowest BCUT2D eigenvalue weighted by Crippen LogP contribution is -2.02. The molecule has 2 heterocycles. The van der Waals surface area contributed by atoms with E-state index in [0.717, 1.165) is 39.8 Å². The summed E-state index contributed by atoms with van der Waals surface area (Å²) in [7, 11) is 0. The summed E-state index contributed by atoms with van der Waals surface area (Å²) >= 11 is 1.63. The van der Waals surface area contributed by atoms with Gasteiger partial charge in [0.1, 0.15) is 10.8 Å². The van der Waals surface area contributed by atoms with Gasteiger partial charge in [-0.05, 0) is 30.2 Å². The maximum atomic E-state index is 5.95. The number of rotatable bonds is 5. The highest BCUT2D eigenvalue weighted by molar-refractivity contribution is 7.13. The lowest BCUT2D eigenvalue weighted by atomic mass is 10.2. The van der Waals surface area contributed by atoms with Crippen LogP contribution in [0.2, 0.25) is 0 Å². The molecule has 0 atom stereocenters. The molecule has 0 radical (unpaired) electrons. The van der Waals surface area contributed by atoms with Crippen LogP contribution in [-0.4, -0.2) is 9.97 Å². The van der Waals surface area contributed by atoms with Crippen molar-refractivity contribution in [1.82, 2.24) is 9.97 Å². The maximum Gasteiger partial charge on any atom is 0.138 e. The van der Waals surface area contributed by atoms with E-state index in [-0.39, 0.29) is 0 Å². The summed E-state index contributed by atoms with van der Waals surface area (Å²) in [6.45, 7) is 2.78. The first-order valence-corrected chi connectivity index (χ1v) is 8.12. The van der Waals surface area contributed by atoms with Gasteiger partial charge in [0.25, 0.3) is 0 Å². The molecule has 0 spiro atoms. The fraction of sp³-hybridized carbons (Fsp3) is 0.176. The van der Waals surface area contributed by atoms with E-state index in [2.05, 4.69) is 28.3 Å². The van der Waals surface area contributed by atoms with Gasteiger partial charge in [-0.1, -0.05) is 25.1 Å². The number of para-hydroxylation sites is 1. The van der Waals surface area contributed by atoms with Gasteiger partial charge in [0.2, 0.25) is 0 Å². The van der Waals surface area contributed by atoms with Crippen molar-refractivity contribution in [2.45, 2.75) is 19.9 Å². The molecule has 0 aliphatic rings. The largest absolute Gasteiger partial charge is 0.398 e. The number of anilines is 2. The molecule has 0 unspecified atom stereocenters. The SMILES string of the molecule is CCc1cc(-c2nc(NCc3ccccc3N)cs2)ccn1. The predicted molar refractivity (Wildman–Crippen MR) is 92.9 cm³/mol. The first kappa shape index (κ1) is 14.5. The molecule has 0 saturated carbocycles. The van der Waals surface area contributed by atoms with Crippen molar-refractivity contribution >= 4 is 22.8 Å². The second kappa shape index (κ2) is 6.58. The van der Waals surface area contributed by atoms with Crippen molar-refractivity contribution < 1.29 is 0 Å². The molecule has 2 aromatic heterocycles. The van der Waals surface area contributed by atoms with Gasteiger partial charge in [0, 0.05) is 35.1 Å². The van der Waals surface area contributed by atoms with Crippen LogP contribution in [0.25, 0.3) is 10.6 Å². The molecule has 0 fully saturated rings. The number of nitrogens with zero attached hydrogens (tertiary/aromatic N) is 2. The normalized spacial score (nSPS) is 10.6. The van der Waals surface area contributed by atoms with Crippen LogP contribution < -0.4 is 11.1 Å². The second-order valence-electron chi connectivity index (χ2n) is 4.98. The van der Waals surface area contributed by atoms with Gasteiger partial charge in [-0.2, -0.15) is 0 Å². The minimum Gasteiger partial charge on any atom is -0.398 e. The molecule has 3 rings (SSSR count). The number of nitrogen functional groups attached to an aromatic ring is 1. The number of hydrogen-bond donors (Lipinski definition) is 2. The predicted octanol–water partition coefficient (Wildman–Crippen LogP) is 3.96. The number of nitrogens with two attached hydrogens (primary N) is 1. The van der Waals surface area contributed by atoms with Crippen molar-refractivity contribution in [2.24, 2.45) is 0 Å². The van der Waals surface area contributed by atoms with Gasteiger partial charge in [-0.3, -0.25) is 4.98 Å². The van der Waals surface area contributed by atoms with Crippen LogP contribution in [-0.2, 0) is 13.0 Å². The van der Waals surface area contributed by atoms with Crippen molar-refractivity contribution in [2.75, 3.05) is 11.1 Å². The third kappa shape index (κ3) is 3.26. The lowest BCUT2D eigenvalue weighted by Gasteiger charge is -2.06. The van der Waals surface area contributed by atoms with E-state index in [9.17, 15) is 0 Å². The highest BCUT2D eigenvalue weighted by Gasteiger charge is 2.06. The molecule has 0 aliphatic carbocycles. The van der Waals surface area contributed by atoms with Crippen LogP contribution in [0.3, 0.4) is 0 Å². The van der Waals surface area contributed by atoms with E-state index in [4.69, 9.17) is 5.73 Å². The number of nitrogens with one attached hydrogen (secondary N) is 1. The molecule has 0 bridgehead atoms. The molecule has 5 heteroatoms. The molecule has 0 saturated heterocycles. The van der Waals surface area contributed by atoms with Crippen molar-refractivity contribution in [1.29, 1.82) is 0 Å². The highest BCUT2D eigenvalue weighted by Crippen LogP contribution is 2.26. The van der Waals surface area contributed by atoms with E-state index < -0.39 is 0 Å². The first-order valence-electron chi connectivity index (χ1n) is 7.24. The molecule has 112 valence electrons. The Morgan fingerprint density at radius 1 is 1.23 bits per heavy atom. The average molecular weight is 310 g/mol. The summed E-state index contributed by atoms with van der Waals surface area (Å²) in [6.07, 6.45) is 2.77. The van der Waals surface area contributed by atoms with Crippen molar-refractivity contribution in [3.8, 4) is 10.6 Å². The Hall–Kier alpha value is -2.40. The van der Waals surface area contributed by atoms with Gasteiger partial charge in [-0.15, -0.1) is 11.3 Å². The number of thiazole rings is 1. The molecule has 3 aromatic rings. The number of aromatic nitrogens is 2. The summed E-state index contributed by atoms with van der Waals surface area (Å²) in [4.78, 5) is 8.96. The Kier molecular flexibility index (Phi) is 4.34. The second-order valence-corrected chi connectivity index (χ2v) is 5.84. The molecule has 3 N–H and O–H groups in total. The summed E-state index contributed by atoms with van der Waals surface area (Å²) in [5.41, 5.74) is 10.0. The highest BCUT2D eigenvalue weighted by atomic mass is 32.1. The number of benzene rings is 1. The zero-order chi connectivity index (χ0) is 15.4. The van der Waals surface area contributed by atoms with E-state index in [1.54, 1.807) is 11.3 Å². The number of pyridine rings is 1. The van der Waals surface area contributed by atoms with E-state index >= 15 is 0 Å². The molecule has 4 nitrogen and oxygen atoms in total. The molecule has 22 heavy (non-hydrogen) atoms. The van der Waals surface area contributed by atoms with Crippen molar-refractivity contribution in [3.05, 3.63) is 59.2 Å². The van der Waals surface area contributed by atoms with Crippen LogP contribution in [0.1, 0.15) is 18.2 Å². The van der Waals surface area contributed by atoms with Crippen LogP contribution in [0.15, 0.2) is 48.0 Å². The summed E-state index contributed by atoms with van der Waals surface area (Å²) in [5, 5.41) is 6.35. The maximum absolute atomic E-state index is 5.95. The molecule has 0 aliphatic heterocycles. The van der Waals surface area contributed by atoms with Gasteiger partial charge in [-0.25, -0.2) is 4.98 Å². The van der Waals surface area contributed by atoms with E-state index in [1.165, 1.54) is 0 Å². The van der Waals surface area contributed by atoms with Crippen molar-refractivity contribution in [3.63, 3.8) is 0 Å². The van der Waals surface area contributed by atoms with E-state index in [1.807, 2.05) is 41.9 Å². The van der Waals surface area contributed by atoms with Crippen LogP contribution in [0.4, 0.5) is 11.5 Å². The molecule has 0 amide bonds. The summed E-state index contributed by atoms with van der Waals surface area (Å²) in [6, 6.07) is 11.9. The third-order valence-corrected chi connectivity index (χ3v) is 4.34. The zero-order valence-corrected chi connectivity index (χ0v) is 13.2. The van der Waals surface area contributed by atoms with Gasteiger partial charge < -0.3 is 11.1 Å². The van der Waals surface area contributed by atoms with E-state index in [0.29, 0.717) is 6.54 Å². The van der Waals surface area contributed by atoms with Crippen LogP contribution in [0.5, 0.6) is 0 Å². The minimum atomic E-state index is 0.673.